The zero-order chi connectivity index (χ0) is 15.5. The van der Waals surface area contributed by atoms with Crippen LogP contribution in [0.5, 0.6) is 5.75 Å². The van der Waals surface area contributed by atoms with Gasteiger partial charge >= 0.3 is 6.36 Å². The minimum atomic E-state index is -4.75. The summed E-state index contributed by atoms with van der Waals surface area (Å²) in [5, 5.41) is 10.8. The van der Waals surface area contributed by atoms with Crippen LogP contribution in [0.4, 0.5) is 13.2 Å². The highest BCUT2D eigenvalue weighted by Gasteiger charge is 2.33. The molecule has 0 aliphatic carbocycles. The first kappa shape index (κ1) is 15.4. The van der Waals surface area contributed by atoms with Gasteiger partial charge in [-0.3, -0.25) is 0 Å². The van der Waals surface area contributed by atoms with Gasteiger partial charge in [0.1, 0.15) is 11.4 Å². The molecule has 2 rings (SSSR count). The number of halogens is 3. The molecule has 0 radical (unpaired) electrons. The van der Waals surface area contributed by atoms with Crippen molar-refractivity contribution in [3.05, 3.63) is 65.7 Å². The van der Waals surface area contributed by atoms with Gasteiger partial charge in [-0.2, -0.15) is 0 Å². The van der Waals surface area contributed by atoms with Crippen LogP contribution in [0.2, 0.25) is 0 Å². The van der Waals surface area contributed by atoms with Crippen molar-refractivity contribution in [3.63, 3.8) is 0 Å². The van der Waals surface area contributed by atoms with Gasteiger partial charge in [0.05, 0.1) is 0 Å². The minimum Gasteiger partial charge on any atom is -0.406 e. The Labute approximate surface area is 120 Å². The molecule has 0 aromatic heterocycles. The first-order valence-corrected chi connectivity index (χ1v) is 6.49. The Morgan fingerprint density at radius 3 is 2.14 bits per heavy atom. The van der Waals surface area contributed by atoms with E-state index in [2.05, 4.69) is 4.74 Å². The van der Waals surface area contributed by atoms with Gasteiger partial charge in [-0.05, 0) is 29.7 Å². The van der Waals surface area contributed by atoms with E-state index in [-0.39, 0.29) is 5.75 Å². The van der Waals surface area contributed by atoms with Crippen molar-refractivity contribution < 1.29 is 23.0 Å². The van der Waals surface area contributed by atoms with Gasteiger partial charge in [0.25, 0.3) is 0 Å². The van der Waals surface area contributed by atoms with Crippen LogP contribution in [0.25, 0.3) is 0 Å². The largest absolute Gasteiger partial charge is 0.573 e. The molecule has 0 aliphatic rings. The van der Waals surface area contributed by atoms with Crippen molar-refractivity contribution in [2.45, 2.75) is 25.3 Å². The molecule has 0 spiro atoms. The SMILES string of the molecule is CCC(O)(c1ccccc1)c1cccc(OC(F)(F)F)c1. The molecule has 0 saturated heterocycles. The maximum absolute atomic E-state index is 12.3. The average Bonchev–Trinajstić information content (AvgIpc) is 2.46. The standard InChI is InChI=1S/C16H15F3O2/c1-2-15(20,12-7-4-3-5-8-12)13-9-6-10-14(11-13)21-16(17,18)19/h3-11,20H,2H2,1H3. The molecular weight excluding hydrogens is 281 g/mol. The lowest BCUT2D eigenvalue weighted by atomic mass is 9.84. The zero-order valence-electron chi connectivity index (χ0n) is 11.4. The quantitative estimate of drug-likeness (QED) is 0.915. The van der Waals surface area contributed by atoms with E-state index in [1.165, 1.54) is 18.2 Å². The molecule has 2 aromatic carbocycles. The number of aliphatic hydroxyl groups is 1. The second kappa shape index (κ2) is 5.77. The summed E-state index contributed by atoms with van der Waals surface area (Å²) in [4.78, 5) is 0. The molecule has 5 heteroatoms. The maximum atomic E-state index is 12.3. The summed E-state index contributed by atoms with van der Waals surface area (Å²) in [6.07, 6.45) is -4.43. The Morgan fingerprint density at radius 2 is 1.57 bits per heavy atom. The van der Waals surface area contributed by atoms with Crippen molar-refractivity contribution in [2.24, 2.45) is 0 Å². The van der Waals surface area contributed by atoms with E-state index < -0.39 is 12.0 Å². The van der Waals surface area contributed by atoms with Crippen LogP contribution in [0, 0.1) is 0 Å². The summed E-state index contributed by atoms with van der Waals surface area (Å²) < 4.78 is 40.8. The van der Waals surface area contributed by atoms with Crippen molar-refractivity contribution in [3.8, 4) is 5.75 Å². The Morgan fingerprint density at radius 1 is 0.952 bits per heavy atom. The van der Waals surface area contributed by atoms with E-state index in [4.69, 9.17) is 0 Å². The molecule has 0 saturated carbocycles. The number of hydrogen-bond donors (Lipinski definition) is 1. The topological polar surface area (TPSA) is 29.5 Å². The number of rotatable bonds is 4. The van der Waals surface area contributed by atoms with Gasteiger partial charge in [-0.15, -0.1) is 13.2 Å². The lowest BCUT2D eigenvalue weighted by molar-refractivity contribution is -0.274. The highest BCUT2D eigenvalue weighted by Crippen LogP contribution is 2.35. The molecule has 112 valence electrons. The molecule has 1 unspecified atom stereocenters. The monoisotopic (exact) mass is 296 g/mol. The second-order valence-electron chi connectivity index (χ2n) is 4.66. The van der Waals surface area contributed by atoms with Crippen LogP contribution in [-0.4, -0.2) is 11.5 Å². The third-order valence-electron chi connectivity index (χ3n) is 3.31. The van der Waals surface area contributed by atoms with Gasteiger partial charge < -0.3 is 9.84 Å². The summed E-state index contributed by atoms with van der Waals surface area (Å²) in [6, 6.07) is 14.3. The second-order valence-corrected chi connectivity index (χ2v) is 4.66. The van der Waals surface area contributed by atoms with E-state index in [0.717, 1.165) is 0 Å². The molecule has 1 N–H and O–H groups in total. The molecule has 2 aromatic rings. The number of benzene rings is 2. The van der Waals surface area contributed by atoms with E-state index in [9.17, 15) is 18.3 Å². The molecule has 0 amide bonds. The van der Waals surface area contributed by atoms with Crippen molar-refractivity contribution in [1.29, 1.82) is 0 Å². The van der Waals surface area contributed by atoms with Crippen LogP contribution in [-0.2, 0) is 5.60 Å². The molecular formula is C16H15F3O2. The predicted octanol–water partition coefficient (Wildman–Crippen LogP) is 4.23. The van der Waals surface area contributed by atoms with Gasteiger partial charge in [-0.25, -0.2) is 0 Å². The van der Waals surface area contributed by atoms with Gasteiger partial charge in [0, 0.05) is 0 Å². The average molecular weight is 296 g/mol. The lowest BCUT2D eigenvalue weighted by Crippen LogP contribution is -2.26. The smallest absolute Gasteiger partial charge is 0.406 e. The molecule has 0 fully saturated rings. The van der Waals surface area contributed by atoms with Gasteiger partial charge in [0.15, 0.2) is 0 Å². The summed E-state index contributed by atoms with van der Waals surface area (Å²) in [5.41, 5.74) is -0.374. The van der Waals surface area contributed by atoms with E-state index >= 15 is 0 Å². The highest BCUT2D eigenvalue weighted by molar-refractivity contribution is 5.39. The normalized spacial score (nSPS) is 14.5. The molecule has 0 aliphatic heterocycles. The lowest BCUT2D eigenvalue weighted by Gasteiger charge is -2.28. The van der Waals surface area contributed by atoms with E-state index in [1.807, 2.05) is 6.07 Å². The fourth-order valence-corrected chi connectivity index (χ4v) is 2.24. The molecule has 1 atom stereocenters. The third-order valence-corrected chi connectivity index (χ3v) is 3.31. The Balaban J connectivity index is 2.41. The summed E-state index contributed by atoms with van der Waals surface area (Å²) in [7, 11) is 0. The highest BCUT2D eigenvalue weighted by atomic mass is 19.4. The van der Waals surface area contributed by atoms with Crippen LogP contribution < -0.4 is 4.74 Å². The Bertz CT molecular complexity index is 596. The van der Waals surface area contributed by atoms with E-state index in [0.29, 0.717) is 17.5 Å². The van der Waals surface area contributed by atoms with E-state index in [1.54, 1.807) is 37.3 Å². The Kier molecular flexibility index (Phi) is 4.23. The summed E-state index contributed by atoms with van der Waals surface area (Å²) in [5.74, 6) is -0.345. The predicted molar refractivity (Wildman–Crippen MR) is 72.9 cm³/mol. The van der Waals surface area contributed by atoms with Crippen LogP contribution in [0.1, 0.15) is 24.5 Å². The zero-order valence-corrected chi connectivity index (χ0v) is 11.4. The fourth-order valence-electron chi connectivity index (χ4n) is 2.24. The maximum Gasteiger partial charge on any atom is 0.573 e. The number of alkyl halides is 3. The molecule has 0 heterocycles. The third kappa shape index (κ3) is 3.55. The summed E-state index contributed by atoms with van der Waals surface area (Å²) in [6.45, 7) is 1.77. The van der Waals surface area contributed by atoms with Crippen molar-refractivity contribution in [2.75, 3.05) is 0 Å². The van der Waals surface area contributed by atoms with Crippen LogP contribution >= 0.6 is 0 Å². The first-order chi connectivity index (χ1) is 9.85. The van der Waals surface area contributed by atoms with Gasteiger partial charge in [-0.1, -0.05) is 49.4 Å². The first-order valence-electron chi connectivity index (χ1n) is 6.49. The fraction of sp³-hybridized carbons (Fsp3) is 0.250. The molecule has 21 heavy (non-hydrogen) atoms. The van der Waals surface area contributed by atoms with Crippen LogP contribution in [0.3, 0.4) is 0 Å². The molecule has 2 nitrogen and oxygen atoms in total. The molecule has 0 bridgehead atoms. The minimum absolute atomic E-state index is 0.326. The van der Waals surface area contributed by atoms with Crippen molar-refractivity contribution in [1.82, 2.24) is 0 Å². The van der Waals surface area contributed by atoms with Crippen molar-refractivity contribution >= 4 is 0 Å². The van der Waals surface area contributed by atoms with Gasteiger partial charge in [0.2, 0.25) is 0 Å². The number of hydrogen-bond acceptors (Lipinski definition) is 2. The Hall–Kier alpha value is -2.01. The number of ether oxygens (including phenoxy) is 1. The van der Waals surface area contributed by atoms with Crippen LogP contribution in [0.15, 0.2) is 54.6 Å². The summed E-state index contributed by atoms with van der Waals surface area (Å²) >= 11 is 0.